The molecule has 0 atom stereocenters. The van der Waals surface area contributed by atoms with Crippen LogP contribution in [0.25, 0.3) is 0 Å². The van der Waals surface area contributed by atoms with E-state index in [0.717, 1.165) is 0 Å². The number of fused-ring (bicyclic) bond motifs is 1. The van der Waals surface area contributed by atoms with Crippen molar-refractivity contribution < 1.29 is 18.0 Å². The summed E-state index contributed by atoms with van der Waals surface area (Å²) in [6.07, 6.45) is -4.68. The molecule has 1 aliphatic heterocycles. The average molecular weight is 313 g/mol. The maximum atomic E-state index is 12.4. The van der Waals surface area contributed by atoms with Gasteiger partial charge in [0.2, 0.25) is 0 Å². The van der Waals surface area contributed by atoms with E-state index in [4.69, 9.17) is 28.9 Å². The second-order valence-corrected chi connectivity index (χ2v) is 4.98. The summed E-state index contributed by atoms with van der Waals surface area (Å²) in [5, 5.41) is 0.509. The first-order chi connectivity index (χ1) is 8.71. The van der Waals surface area contributed by atoms with Crippen molar-refractivity contribution in [3.05, 3.63) is 27.2 Å². The summed E-state index contributed by atoms with van der Waals surface area (Å²) in [4.78, 5) is 11.9. The lowest BCUT2D eigenvalue weighted by Crippen LogP contribution is -2.43. The Morgan fingerprint density at radius 3 is 2.53 bits per heavy atom. The number of nitrogens with two attached hydrogens (primary N) is 1. The number of carbonyl (C=O) groups is 1. The highest BCUT2D eigenvalue weighted by molar-refractivity contribution is 6.36. The molecule has 3 nitrogen and oxygen atoms in total. The molecule has 1 amide bonds. The summed E-state index contributed by atoms with van der Waals surface area (Å²) in [5.74, 6) is -1.88. The highest BCUT2D eigenvalue weighted by Crippen LogP contribution is 2.36. The van der Waals surface area contributed by atoms with Crippen molar-refractivity contribution in [3.8, 4) is 0 Å². The van der Waals surface area contributed by atoms with Crippen LogP contribution in [0.3, 0.4) is 0 Å². The summed E-state index contributed by atoms with van der Waals surface area (Å²) in [5.41, 5.74) is 6.83. The average Bonchev–Trinajstić information content (AvgIpc) is 2.33. The normalized spacial score (nSPS) is 15.3. The van der Waals surface area contributed by atoms with Crippen LogP contribution in [-0.4, -0.2) is 23.5 Å². The monoisotopic (exact) mass is 312 g/mol. The Hall–Kier alpha value is -1.14. The van der Waals surface area contributed by atoms with Crippen LogP contribution in [0.2, 0.25) is 10.0 Å². The lowest BCUT2D eigenvalue weighted by Gasteiger charge is -2.30. The van der Waals surface area contributed by atoms with E-state index in [9.17, 15) is 18.0 Å². The van der Waals surface area contributed by atoms with Crippen molar-refractivity contribution in [1.29, 1.82) is 0 Å². The van der Waals surface area contributed by atoms with Crippen LogP contribution in [0.5, 0.6) is 0 Å². The summed E-state index contributed by atoms with van der Waals surface area (Å²) in [6.45, 7) is -0.289. The number of hydrogen-bond acceptors (Lipinski definition) is 2. The SMILES string of the molecule is Nc1cc(Cl)c2c(c1Cl)CN(C(=O)C(F)(F)F)CC2. The smallest absolute Gasteiger partial charge is 0.397 e. The van der Waals surface area contributed by atoms with Crippen LogP contribution < -0.4 is 5.73 Å². The lowest BCUT2D eigenvalue weighted by atomic mass is 9.98. The van der Waals surface area contributed by atoms with Gasteiger partial charge in [0.05, 0.1) is 10.7 Å². The highest BCUT2D eigenvalue weighted by Gasteiger charge is 2.43. The largest absolute Gasteiger partial charge is 0.471 e. The van der Waals surface area contributed by atoms with Gasteiger partial charge in [0, 0.05) is 18.1 Å². The number of carbonyl (C=O) groups excluding carboxylic acids is 1. The zero-order valence-corrected chi connectivity index (χ0v) is 11.0. The highest BCUT2D eigenvalue weighted by atomic mass is 35.5. The van der Waals surface area contributed by atoms with Gasteiger partial charge in [0.15, 0.2) is 0 Å². The molecule has 1 aromatic rings. The molecule has 1 aromatic carbocycles. The van der Waals surface area contributed by atoms with Crippen LogP contribution >= 0.6 is 23.2 Å². The third kappa shape index (κ3) is 2.60. The van der Waals surface area contributed by atoms with Gasteiger partial charge in [0.1, 0.15) is 0 Å². The summed E-state index contributed by atoms with van der Waals surface area (Å²) >= 11 is 11.9. The Morgan fingerprint density at radius 2 is 1.95 bits per heavy atom. The van der Waals surface area contributed by atoms with E-state index in [0.29, 0.717) is 21.0 Å². The van der Waals surface area contributed by atoms with Crippen molar-refractivity contribution in [1.82, 2.24) is 4.90 Å². The van der Waals surface area contributed by atoms with Gasteiger partial charge in [-0.2, -0.15) is 13.2 Å². The van der Waals surface area contributed by atoms with E-state index in [2.05, 4.69) is 0 Å². The standard InChI is InChI=1S/C11H9Cl2F3N2O/c12-7-3-8(17)9(13)6-4-18(2-1-5(6)7)10(19)11(14,15)16/h3H,1-2,4,17H2. The maximum Gasteiger partial charge on any atom is 0.471 e. The molecule has 2 N–H and O–H groups in total. The Labute approximate surface area is 117 Å². The van der Waals surface area contributed by atoms with Crippen molar-refractivity contribution in [2.45, 2.75) is 19.1 Å². The van der Waals surface area contributed by atoms with E-state index in [-0.39, 0.29) is 30.2 Å². The molecular formula is C11H9Cl2F3N2O. The van der Waals surface area contributed by atoms with Gasteiger partial charge >= 0.3 is 12.1 Å². The first-order valence-electron chi connectivity index (χ1n) is 5.33. The first kappa shape index (κ1) is 14.3. The molecule has 0 radical (unpaired) electrons. The maximum absolute atomic E-state index is 12.4. The Morgan fingerprint density at radius 1 is 1.32 bits per heavy atom. The molecule has 0 spiro atoms. The molecule has 0 unspecified atom stereocenters. The van der Waals surface area contributed by atoms with Gasteiger partial charge in [0.25, 0.3) is 0 Å². The summed E-state index contributed by atoms with van der Waals surface area (Å²) in [6, 6.07) is 1.46. The Bertz CT molecular complexity index is 546. The first-order valence-corrected chi connectivity index (χ1v) is 6.08. The van der Waals surface area contributed by atoms with Crippen molar-refractivity contribution in [2.24, 2.45) is 0 Å². The minimum Gasteiger partial charge on any atom is -0.397 e. The zero-order chi connectivity index (χ0) is 14.4. The van der Waals surface area contributed by atoms with E-state index in [1.807, 2.05) is 0 Å². The van der Waals surface area contributed by atoms with Crippen LogP contribution in [0, 0.1) is 0 Å². The summed E-state index contributed by atoms with van der Waals surface area (Å²) in [7, 11) is 0. The second kappa shape index (κ2) is 4.76. The zero-order valence-electron chi connectivity index (χ0n) is 9.52. The molecule has 1 aliphatic rings. The minimum absolute atomic E-state index is 0.0503. The van der Waals surface area contributed by atoms with Crippen LogP contribution in [0.15, 0.2) is 6.07 Å². The topological polar surface area (TPSA) is 46.3 Å². The second-order valence-electron chi connectivity index (χ2n) is 4.19. The fraction of sp³-hybridized carbons (Fsp3) is 0.364. The van der Waals surface area contributed by atoms with E-state index in [1.54, 1.807) is 0 Å². The van der Waals surface area contributed by atoms with Crippen molar-refractivity contribution >= 4 is 34.8 Å². The fourth-order valence-electron chi connectivity index (χ4n) is 2.04. The van der Waals surface area contributed by atoms with Crippen LogP contribution in [0.4, 0.5) is 18.9 Å². The Balaban J connectivity index is 2.37. The summed E-state index contributed by atoms with van der Waals surface area (Å²) < 4.78 is 37.2. The third-order valence-electron chi connectivity index (χ3n) is 2.96. The molecule has 1 heterocycles. The van der Waals surface area contributed by atoms with Crippen LogP contribution in [-0.2, 0) is 17.8 Å². The molecule has 104 valence electrons. The van der Waals surface area contributed by atoms with Gasteiger partial charge in [-0.15, -0.1) is 0 Å². The van der Waals surface area contributed by atoms with E-state index < -0.39 is 12.1 Å². The number of rotatable bonds is 0. The number of amides is 1. The molecule has 0 fully saturated rings. The van der Waals surface area contributed by atoms with Crippen molar-refractivity contribution in [3.63, 3.8) is 0 Å². The molecule has 8 heteroatoms. The van der Waals surface area contributed by atoms with Crippen LogP contribution in [0.1, 0.15) is 11.1 Å². The molecule has 19 heavy (non-hydrogen) atoms. The Kier molecular flexibility index (Phi) is 3.57. The van der Waals surface area contributed by atoms with E-state index in [1.165, 1.54) is 6.07 Å². The number of benzene rings is 1. The number of nitrogen functional groups attached to an aromatic ring is 1. The predicted octanol–water partition coefficient (Wildman–Crippen LogP) is 3.02. The number of hydrogen-bond donors (Lipinski definition) is 1. The number of halogens is 5. The molecule has 0 saturated heterocycles. The van der Waals surface area contributed by atoms with Gasteiger partial charge in [-0.25, -0.2) is 0 Å². The van der Waals surface area contributed by atoms with Gasteiger partial charge in [-0.1, -0.05) is 23.2 Å². The fourth-order valence-corrected chi connectivity index (χ4v) is 2.60. The molecule has 0 aromatic heterocycles. The quantitative estimate of drug-likeness (QED) is 0.748. The number of nitrogens with zero attached hydrogens (tertiary/aromatic N) is 1. The molecule has 0 aliphatic carbocycles. The third-order valence-corrected chi connectivity index (χ3v) is 3.75. The van der Waals surface area contributed by atoms with E-state index >= 15 is 0 Å². The number of alkyl halides is 3. The van der Waals surface area contributed by atoms with Gasteiger partial charge < -0.3 is 10.6 Å². The van der Waals surface area contributed by atoms with Gasteiger partial charge in [-0.05, 0) is 23.6 Å². The minimum atomic E-state index is -4.89. The van der Waals surface area contributed by atoms with Crippen molar-refractivity contribution in [2.75, 3.05) is 12.3 Å². The lowest BCUT2D eigenvalue weighted by molar-refractivity contribution is -0.186. The molecule has 2 rings (SSSR count). The number of anilines is 1. The van der Waals surface area contributed by atoms with Gasteiger partial charge in [-0.3, -0.25) is 4.79 Å². The predicted molar refractivity (Wildman–Crippen MR) is 66.1 cm³/mol. The molecular weight excluding hydrogens is 304 g/mol. The molecule has 0 saturated carbocycles. The molecule has 0 bridgehead atoms.